The zero-order valence-electron chi connectivity index (χ0n) is 14.9. The van der Waals surface area contributed by atoms with E-state index >= 15 is 0 Å². The van der Waals surface area contributed by atoms with E-state index in [1.54, 1.807) is 18.2 Å². The maximum Gasteiger partial charge on any atom is 0.192 e. The third-order valence-electron chi connectivity index (χ3n) is 4.40. The van der Waals surface area contributed by atoms with Crippen LogP contribution >= 0.6 is 0 Å². The number of halogens is 1. The molecule has 2 aromatic rings. The fourth-order valence-corrected chi connectivity index (χ4v) is 2.76. The second-order valence-corrected chi connectivity index (χ2v) is 12.1. The number of rotatable bonds is 5. The third-order valence-corrected chi connectivity index (χ3v) is 8.88. The van der Waals surface area contributed by atoms with E-state index in [1.165, 1.54) is 18.3 Å². The van der Waals surface area contributed by atoms with Crippen molar-refractivity contribution in [2.75, 3.05) is 5.73 Å². The Balaban J connectivity index is 2.20. The van der Waals surface area contributed by atoms with E-state index in [9.17, 15) is 4.39 Å². The molecule has 0 saturated carbocycles. The van der Waals surface area contributed by atoms with Crippen LogP contribution in [0.4, 0.5) is 10.2 Å². The standard InChI is InChI=1S/C18H25FN2O2Si/c1-18(2,3)24(4,5)22-12-13-10-14(19)6-8-16(13)23-15-7-9-17(20)21-11-15/h6-11H,12H2,1-5H3,(H2,20,21). The number of nitrogens with zero attached hydrogens (tertiary/aromatic N) is 1. The number of nitrogens with two attached hydrogens (primary N) is 1. The van der Waals surface area contributed by atoms with E-state index in [0.717, 1.165) is 0 Å². The minimum absolute atomic E-state index is 0.0855. The van der Waals surface area contributed by atoms with Crippen molar-refractivity contribution in [2.24, 2.45) is 0 Å². The topological polar surface area (TPSA) is 57.4 Å². The summed E-state index contributed by atoms with van der Waals surface area (Å²) in [6, 6.07) is 7.81. The van der Waals surface area contributed by atoms with Gasteiger partial charge in [0.25, 0.3) is 0 Å². The number of hydrogen-bond acceptors (Lipinski definition) is 4. The van der Waals surface area contributed by atoms with Crippen molar-refractivity contribution >= 4 is 14.1 Å². The molecule has 2 N–H and O–H groups in total. The van der Waals surface area contributed by atoms with Gasteiger partial charge in [0.2, 0.25) is 0 Å². The first kappa shape index (κ1) is 18.4. The molecule has 0 spiro atoms. The highest BCUT2D eigenvalue weighted by atomic mass is 28.4. The lowest BCUT2D eigenvalue weighted by molar-refractivity contribution is 0.271. The maximum absolute atomic E-state index is 13.7. The number of benzene rings is 1. The van der Waals surface area contributed by atoms with E-state index in [4.69, 9.17) is 14.9 Å². The average Bonchev–Trinajstić information content (AvgIpc) is 2.48. The Bertz CT molecular complexity index is 697. The van der Waals surface area contributed by atoms with E-state index in [2.05, 4.69) is 38.8 Å². The van der Waals surface area contributed by atoms with Gasteiger partial charge in [-0.1, -0.05) is 20.8 Å². The fraction of sp³-hybridized carbons (Fsp3) is 0.389. The maximum atomic E-state index is 13.7. The molecule has 6 heteroatoms. The first-order valence-corrected chi connectivity index (χ1v) is 10.8. The van der Waals surface area contributed by atoms with Crippen molar-refractivity contribution < 1.29 is 13.6 Å². The summed E-state index contributed by atoms with van der Waals surface area (Å²) in [7, 11) is -1.93. The molecular formula is C18H25FN2O2Si. The van der Waals surface area contributed by atoms with Crippen LogP contribution in [0.3, 0.4) is 0 Å². The number of hydrogen-bond donors (Lipinski definition) is 1. The average molecular weight is 348 g/mol. The molecule has 0 amide bonds. The molecule has 2 rings (SSSR count). The molecule has 0 radical (unpaired) electrons. The molecule has 1 aromatic heterocycles. The molecule has 0 aliphatic heterocycles. The monoisotopic (exact) mass is 348 g/mol. The zero-order valence-corrected chi connectivity index (χ0v) is 15.9. The Morgan fingerprint density at radius 1 is 1.17 bits per heavy atom. The molecule has 4 nitrogen and oxygen atoms in total. The molecule has 1 aromatic carbocycles. The predicted octanol–water partition coefficient (Wildman–Crippen LogP) is 5.12. The number of ether oxygens (including phenoxy) is 1. The van der Waals surface area contributed by atoms with Gasteiger partial charge in [0.1, 0.15) is 23.1 Å². The Morgan fingerprint density at radius 2 is 1.88 bits per heavy atom. The Morgan fingerprint density at radius 3 is 2.46 bits per heavy atom. The first-order chi connectivity index (χ1) is 11.1. The summed E-state index contributed by atoms with van der Waals surface area (Å²) in [5.74, 6) is 1.21. The molecule has 130 valence electrons. The van der Waals surface area contributed by atoms with Crippen LogP contribution in [0, 0.1) is 5.82 Å². The quantitative estimate of drug-likeness (QED) is 0.762. The third kappa shape index (κ3) is 4.55. The smallest absolute Gasteiger partial charge is 0.192 e. The summed E-state index contributed by atoms with van der Waals surface area (Å²) in [5.41, 5.74) is 6.25. The van der Waals surface area contributed by atoms with E-state index in [1.807, 2.05) is 0 Å². The summed E-state index contributed by atoms with van der Waals surface area (Å²) in [6.07, 6.45) is 1.54. The van der Waals surface area contributed by atoms with Gasteiger partial charge in [-0.15, -0.1) is 0 Å². The molecule has 0 aliphatic rings. The van der Waals surface area contributed by atoms with E-state index in [0.29, 0.717) is 29.5 Å². The SMILES string of the molecule is CC(C)(C)[Si](C)(C)OCc1cc(F)ccc1Oc1ccc(N)nc1. The van der Waals surface area contributed by atoms with Gasteiger partial charge >= 0.3 is 0 Å². The van der Waals surface area contributed by atoms with Gasteiger partial charge in [0, 0.05) is 5.56 Å². The zero-order chi connectivity index (χ0) is 18.0. The van der Waals surface area contributed by atoms with Crippen LogP contribution in [-0.2, 0) is 11.0 Å². The number of anilines is 1. The Labute approximate surface area is 143 Å². The molecule has 0 fully saturated rings. The normalized spacial score (nSPS) is 12.2. The summed E-state index contributed by atoms with van der Waals surface area (Å²) < 4.78 is 25.7. The molecule has 0 atom stereocenters. The summed E-state index contributed by atoms with van der Waals surface area (Å²) >= 11 is 0. The van der Waals surface area contributed by atoms with Crippen molar-refractivity contribution in [3.05, 3.63) is 47.9 Å². The summed E-state index contributed by atoms with van der Waals surface area (Å²) in [4.78, 5) is 3.99. The number of nitrogen functional groups attached to an aromatic ring is 1. The van der Waals surface area contributed by atoms with Gasteiger partial charge in [-0.25, -0.2) is 9.37 Å². The van der Waals surface area contributed by atoms with Crippen molar-refractivity contribution in [3.8, 4) is 11.5 Å². The van der Waals surface area contributed by atoms with Gasteiger partial charge < -0.3 is 14.9 Å². The molecule has 0 bridgehead atoms. The summed E-state index contributed by atoms with van der Waals surface area (Å²) in [6.45, 7) is 11.1. The minimum atomic E-state index is -1.93. The van der Waals surface area contributed by atoms with E-state index in [-0.39, 0.29) is 10.9 Å². The van der Waals surface area contributed by atoms with Gasteiger partial charge in [-0.3, -0.25) is 0 Å². The highest BCUT2D eigenvalue weighted by Crippen LogP contribution is 2.38. The number of pyridine rings is 1. The van der Waals surface area contributed by atoms with Gasteiger partial charge in [0.05, 0.1) is 12.8 Å². The van der Waals surface area contributed by atoms with Gasteiger partial charge in [-0.2, -0.15) is 0 Å². The van der Waals surface area contributed by atoms with Crippen LogP contribution in [0.15, 0.2) is 36.5 Å². The highest BCUT2D eigenvalue weighted by molar-refractivity contribution is 6.74. The lowest BCUT2D eigenvalue weighted by Crippen LogP contribution is -2.40. The van der Waals surface area contributed by atoms with Crippen molar-refractivity contribution in [1.29, 1.82) is 0 Å². The van der Waals surface area contributed by atoms with Crippen molar-refractivity contribution in [2.45, 2.75) is 45.5 Å². The first-order valence-electron chi connectivity index (χ1n) is 7.90. The second-order valence-electron chi connectivity index (χ2n) is 7.32. The highest BCUT2D eigenvalue weighted by Gasteiger charge is 2.37. The number of aromatic nitrogens is 1. The molecule has 0 aliphatic carbocycles. The minimum Gasteiger partial charge on any atom is -0.455 e. The predicted molar refractivity (Wildman–Crippen MR) is 97.1 cm³/mol. The molecule has 24 heavy (non-hydrogen) atoms. The summed E-state index contributed by atoms with van der Waals surface area (Å²) in [5, 5.41) is 0.0855. The van der Waals surface area contributed by atoms with Crippen LogP contribution in [-0.4, -0.2) is 13.3 Å². The molecule has 0 saturated heterocycles. The van der Waals surface area contributed by atoms with Crippen molar-refractivity contribution in [1.82, 2.24) is 4.98 Å². The fourth-order valence-electron chi connectivity index (χ4n) is 1.81. The van der Waals surface area contributed by atoms with Gasteiger partial charge in [-0.05, 0) is 48.5 Å². The van der Waals surface area contributed by atoms with Gasteiger partial charge in [0.15, 0.2) is 8.32 Å². The van der Waals surface area contributed by atoms with Crippen LogP contribution < -0.4 is 10.5 Å². The van der Waals surface area contributed by atoms with Crippen LogP contribution in [0.5, 0.6) is 11.5 Å². The Hall–Kier alpha value is -1.92. The van der Waals surface area contributed by atoms with Crippen LogP contribution in [0.1, 0.15) is 26.3 Å². The van der Waals surface area contributed by atoms with Crippen LogP contribution in [0.2, 0.25) is 18.1 Å². The largest absolute Gasteiger partial charge is 0.455 e. The molecule has 1 heterocycles. The lowest BCUT2D eigenvalue weighted by Gasteiger charge is -2.36. The van der Waals surface area contributed by atoms with E-state index < -0.39 is 8.32 Å². The second kappa shape index (κ2) is 6.90. The van der Waals surface area contributed by atoms with Crippen LogP contribution in [0.25, 0.3) is 0 Å². The molecule has 0 unspecified atom stereocenters. The lowest BCUT2D eigenvalue weighted by atomic mass is 10.2. The molecular weight excluding hydrogens is 323 g/mol. The van der Waals surface area contributed by atoms with Crippen molar-refractivity contribution in [3.63, 3.8) is 0 Å². The Kier molecular flexibility index (Phi) is 5.30.